The number of aryl methyl sites for hydroxylation is 1. The van der Waals surface area contributed by atoms with Gasteiger partial charge in [-0.25, -0.2) is 17.4 Å². The molecule has 1 atom stereocenters. The number of allylic oxidation sites excluding steroid dienone is 2. The fourth-order valence-electron chi connectivity index (χ4n) is 5.07. The molecule has 1 unspecified atom stereocenters. The molecule has 33 heavy (non-hydrogen) atoms. The second kappa shape index (κ2) is 7.70. The Hall–Kier alpha value is -3.19. The minimum absolute atomic E-state index is 0.122. The second-order valence-electron chi connectivity index (χ2n) is 9.83. The number of rotatable bonds is 4. The molecule has 4 aromatic rings. The van der Waals surface area contributed by atoms with Crippen LogP contribution in [0.2, 0.25) is 0 Å². The molecule has 1 aliphatic carbocycles. The highest BCUT2D eigenvalue weighted by Gasteiger charge is 2.27. The highest BCUT2D eigenvalue weighted by atomic mass is 32.2. The summed E-state index contributed by atoms with van der Waals surface area (Å²) >= 11 is 0. The number of pyridine rings is 1. The second-order valence-corrected chi connectivity index (χ2v) is 11.6. The number of nitrogens with zero attached hydrogens (tertiary/aromatic N) is 4. The molecule has 0 N–H and O–H groups in total. The Morgan fingerprint density at radius 2 is 1.82 bits per heavy atom. The van der Waals surface area contributed by atoms with Crippen LogP contribution in [0.5, 0.6) is 0 Å². The summed E-state index contributed by atoms with van der Waals surface area (Å²) in [5.74, 6) is 0.580. The van der Waals surface area contributed by atoms with Gasteiger partial charge in [-0.05, 0) is 53.5 Å². The molecule has 0 aliphatic heterocycles. The van der Waals surface area contributed by atoms with Gasteiger partial charge in [0, 0.05) is 42.2 Å². The van der Waals surface area contributed by atoms with E-state index in [2.05, 4.69) is 43.0 Å². The zero-order valence-corrected chi connectivity index (χ0v) is 20.2. The molecule has 5 rings (SSSR count). The van der Waals surface area contributed by atoms with Gasteiger partial charge in [0.1, 0.15) is 0 Å². The number of hydrogen-bond acceptors (Lipinski definition) is 4. The van der Waals surface area contributed by atoms with Gasteiger partial charge in [-0.1, -0.05) is 45.0 Å². The predicted octanol–water partition coefficient (Wildman–Crippen LogP) is 5.51. The molecular formula is C26H28N4O2S. The van der Waals surface area contributed by atoms with E-state index < -0.39 is 10.0 Å². The summed E-state index contributed by atoms with van der Waals surface area (Å²) < 4.78 is 30.0. The Bertz CT molecular complexity index is 1480. The van der Waals surface area contributed by atoms with E-state index in [1.807, 2.05) is 19.4 Å². The third-order valence-corrected chi connectivity index (χ3v) is 7.97. The van der Waals surface area contributed by atoms with Gasteiger partial charge in [0.05, 0.1) is 11.1 Å². The molecule has 3 aromatic heterocycles. The van der Waals surface area contributed by atoms with Gasteiger partial charge in [-0.3, -0.25) is 4.68 Å². The fraction of sp³-hybridized carbons (Fsp3) is 0.308. The lowest BCUT2D eigenvalue weighted by Crippen LogP contribution is -2.18. The van der Waals surface area contributed by atoms with Crippen molar-refractivity contribution in [1.82, 2.24) is 18.7 Å². The van der Waals surface area contributed by atoms with E-state index in [1.165, 1.54) is 9.55 Å². The van der Waals surface area contributed by atoms with Crippen molar-refractivity contribution < 1.29 is 8.42 Å². The number of hydrogen-bond donors (Lipinski definition) is 0. The van der Waals surface area contributed by atoms with E-state index in [4.69, 9.17) is 0 Å². The van der Waals surface area contributed by atoms with Crippen LogP contribution in [-0.4, -0.2) is 27.2 Å². The first-order valence-electron chi connectivity index (χ1n) is 11.2. The largest absolute Gasteiger partial charge is 0.275 e. The molecule has 0 spiro atoms. The highest BCUT2D eigenvalue weighted by Crippen LogP contribution is 2.41. The normalized spacial score (nSPS) is 18.4. The van der Waals surface area contributed by atoms with Crippen LogP contribution in [-0.2, 0) is 17.1 Å². The summed E-state index contributed by atoms with van der Waals surface area (Å²) in [6, 6.07) is 10.6. The van der Waals surface area contributed by atoms with Gasteiger partial charge >= 0.3 is 0 Å². The maximum Gasteiger partial charge on any atom is 0.269 e. The van der Waals surface area contributed by atoms with Crippen molar-refractivity contribution in [2.45, 2.75) is 38.5 Å². The minimum atomic E-state index is -3.80. The molecule has 6 nitrogen and oxygen atoms in total. The summed E-state index contributed by atoms with van der Waals surface area (Å²) in [5, 5.41) is 5.10. The van der Waals surface area contributed by atoms with Crippen LogP contribution in [0.25, 0.3) is 27.7 Å². The number of fused-ring (bicyclic) bond motifs is 1. The van der Waals surface area contributed by atoms with E-state index in [0.717, 1.165) is 34.9 Å². The monoisotopic (exact) mass is 460 g/mol. The third kappa shape index (κ3) is 3.91. The molecule has 7 heteroatoms. The maximum absolute atomic E-state index is 13.5. The lowest BCUT2D eigenvalue weighted by molar-refractivity contribution is 0.337. The molecule has 170 valence electrons. The number of benzene rings is 1. The summed E-state index contributed by atoms with van der Waals surface area (Å²) in [4.78, 5) is 4.92. The summed E-state index contributed by atoms with van der Waals surface area (Å²) in [7, 11) is -1.95. The van der Waals surface area contributed by atoms with Crippen LogP contribution in [0, 0.1) is 11.3 Å². The highest BCUT2D eigenvalue weighted by molar-refractivity contribution is 7.90. The van der Waals surface area contributed by atoms with E-state index in [1.54, 1.807) is 47.4 Å². The zero-order valence-electron chi connectivity index (χ0n) is 19.4. The first-order valence-corrected chi connectivity index (χ1v) is 12.6. The van der Waals surface area contributed by atoms with Crippen molar-refractivity contribution >= 4 is 26.6 Å². The Balaban J connectivity index is 1.74. The van der Waals surface area contributed by atoms with Gasteiger partial charge in [0.2, 0.25) is 0 Å². The van der Waals surface area contributed by atoms with Gasteiger partial charge < -0.3 is 0 Å². The van der Waals surface area contributed by atoms with Gasteiger partial charge in [-0.2, -0.15) is 5.10 Å². The number of aromatic nitrogens is 4. The van der Waals surface area contributed by atoms with Crippen molar-refractivity contribution in [3.05, 3.63) is 72.8 Å². The lowest BCUT2D eigenvalue weighted by atomic mass is 9.73. The Morgan fingerprint density at radius 1 is 1.06 bits per heavy atom. The van der Waals surface area contributed by atoms with E-state index in [0.29, 0.717) is 11.6 Å². The van der Waals surface area contributed by atoms with Gasteiger partial charge in [0.25, 0.3) is 10.0 Å². The third-order valence-electron chi connectivity index (χ3n) is 6.31. The van der Waals surface area contributed by atoms with Crippen molar-refractivity contribution in [3.8, 4) is 11.1 Å². The quantitative estimate of drug-likeness (QED) is 0.402. The zero-order chi connectivity index (χ0) is 23.4. The van der Waals surface area contributed by atoms with E-state index in [9.17, 15) is 8.42 Å². The first kappa shape index (κ1) is 21.6. The summed E-state index contributed by atoms with van der Waals surface area (Å²) in [6.45, 7) is 6.81. The predicted molar refractivity (Wildman–Crippen MR) is 131 cm³/mol. The van der Waals surface area contributed by atoms with Crippen LogP contribution in [0.4, 0.5) is 0 Å². The molecule has 1 aromatic carbocycles. The molecule has 0 fully saturated rings. The fourth-order valence-corrected chi connectivity index (χ4v) is 6.42. The van der Waals surface area contributed by atoms with Crippen molar-refractivity contribution in [2.24, 2.45) is 18.4 Å². The van der Waals surface area contributed by atoms with Crippen LogP contribution in [0.15, 0.2) is 72.2 Å². The molecule has 0 saturated carbocycles. The molecule has 1 aliphatic rings. The summed E-state index contributed by atoms with van der Waals surface area (Å²) in [6.07, 6.45) is 11.6. The molecule has 0 radical (unpaired) electrons. The van der Waals surface area contributed by atoms with Crippen molar-refractivity contribution in [2.75, 3.05) is 0 Å². The van der Waals surface area contributed by atoms with Crippen LogP contribution in [0.1, 0.15) is 39.2 Å². The Kier molecular flexibility index (Phi) is 5.05. The molecule has 3 heterocycles. The average Bonchev–Trinajstić information content (AvgIpc) is 3.36. The van der Waals surface area contributed by atoms with Crippen LogP contribution in [0.3, 0.4) is 0 Å². The molecule has 0 bridgehead atoms. The Morgan fingerprint density at radius 3 is 2.48 bits per heavy atom. The molecule has 0 amide bonds. The average molecular weight is 461 g/mol. The van der Waals surface area contributed by atoms with Gasteiger partial charge in [0.15, 0.2) is 5.65 Å². The van der Waals surface area contributed by atoms with E-state index >= 15 is 0 Å². The van der Waals surface area contributed by atoms with Crippen molar-refractivity contribution in [3.63, 3.8) is 0 Å². The lowest BCUT2D eigenvalue weighted by Gasteiger charge is -2.32. The molecular weight excluding hydrogens is 432 g/mol. The topological polar surface area (TPSA) is 69.8 Å². The van der Waals surface area contributed by atoms with Crippen molar-refractivity contribution in [1.29, 1.82) is 0 Å². The Labute approximate surface area is 194 Å². The van der Waals surface area contributed by atoms with E-state index in [-0.39, 0.29) is 10.3 Å². The summed E-state index contributed by atoms with van der Waals surface area (Å²) in [5.41, 5.74) is 4.51. The van der Waals surface area contributed by atoms with Gasteiger partial charge in [-0.15, -0.1) is 0 Å². The first-order chi connectivity index (χ1) is 15.6. The molecule has 0 saturated heterocycles. The smallest absolute Gasteiger partial charge is 0.269 e. The maximum atomic E-state index is 13.5. The SMILES string of the molecule is CC1CC(c2cnc3c(c2)c(-c2cnn(C)c2)cn3S(=O)(=O)c2ccccc2)=CC(C)(C)C1. The standard InChI is InChI=1S/C26H28N4O2S/c1-18-10-19(13-26(2,3)12-18)20-11-23-24(21-15-28-29(4)16-21)17-30(25(23)27-14-20)33(31,32)22-8-6-5-7-9-22/h5-9,11,13-18H,10,12H2,1-4H3. The van der Waals surface area contributed by atoms with Crippen LogP contribution < -0.4 is 0 Å². The minimum Gasteiger partial charge on any atom is -0.275 e. The van der Waals surface area contributed by atoms with Crippen LogP contribution >= 0.6 is 0 Å².